The van der Waals surface area contributed by atoms with Crippen molar-refractivity contribution in [2.45, 2.75) is 51.3 Å². The lowest BCUT2D eigenvalue weighted by Crippen LogP contribution is -2.54. The Kier molecular flexibility index (Phi) is 7.49. The summed E-state index contributed by atoms with van der Waals surface area (Å²) in [4.78, 5) is 41.4. The normalized spacial score (nSPS) is 22.2. The largest absolute Gasteiger partial charge is 0.482 e. The third-order valence-electron chi connectivity index (χ3n) is 8.11. The van der Waals surface area contributed by atoms with Crippen LogP contribution in [0.15, 0.2) is 72.8 Å². The fourth-order valence-electron chi connectivity index (χ4n) is 5.99. The van der Waals surface area contributed by atoms with Crippen LogP contribution in [-0.4, -0.2) is 69.9 Å². The Morgan fingerprint density at radius 3 is 2.48 bits per heavy atom. The molecule has 3 fully saturated rings. The second-order valence-corrected chi connectivity index (χ2v) is 10.9. The van der Waals surface area contributed by atoms with Crippen molar-refractivity contribution >= 4 is 23.8 Å². The number of carbonyl (C=O) groups excluding carboxylic acids is 2. The van der Waals surface area contributed by atoms with Gasteiger partial charge < -0.3 is 19.4 Å². The molecule has 8 nitrogen and oxygen atoms in total. The van der Waals surface area contributed by atoms with E-state index in [0.29, 0.717) is 50.0 Å². The Hall–Kier alpha value is -4.20. The Morgan fingerprint density at radius 2 is 1.73 bits per heavy atom. The highest BCUT2D eigenvalue weighted by atomic mass is 16.5. The topological polar surface area (TPSA) is 78.9 Å². The highest BCUT2D eigenvalue weighted by molar-refractivity contribution is 5.97. The van der Waals surface area contributed by atoms with Crippen LogP contribution in [0.25, 0.3) is 6.08 Å². The summed E-state index contributed by atoms with van der Waals surface area (Å²) in [5.74, 6) is 1.02. The third-order valence-corrected chi connectivity index (χ3v) is 8.11. The van der Waals surface area contributed by atoms with E-state index < -0.39 is 0 Å². The van der Waals surface area contributed by atoms with Gasteiger partial charge in [-0.25, -0.2) is 9.97 Å². The van der Waals surface area contributed by atoms with Crippen LogP contribution in [0, 0.1) is 6.92 Å². The lowest BCUT2D eigenvalue weighted by atomic mass is 9.89. The number of nitrogens with zero attached hydrogens (tertiary/aromatic N) is 5. The minimum atomic E-state index is -0.0647. The average Bonchev–Trinajstić information content (AvgIpc) is 3.00. The molecule has 8 heteroatoms. The lowest BCUT2D eigenvalue weighted by molar-refractivity contribution is -0.149. The number of ether oxygens (including phenoxy) is 1. The maximum atomic E-state index is 13.6. The predicted molar refractivity (Wildman–Crippen MR) is 153 cm³/mol. The maximum Gasteiger partial charge on any atom is 0.289 e. The first kappa shape index (κ1) is 26.0. The van der Waals surface area contributed by atoms with Crippen LogP contribution < -0.4 is 4.90 Å². The van der Waals surface area contributed by atoms with E-state index in [1.807, 2.05) is 46.2 Å². The van der Waals surface area contributed by atoms with Gasteiger partial charge in [-0.3, -0.25) is 9.59 Å². The summed E-state index contributed by atoms with van der Waals surface area (Å²) in [5, 5.41) is 0. The van der Waals surface area contributed by atoms with E-state index >= 15 is 0 Å². The molecule has 2 unspecified atom stereocenters. The summed E-state index contributed by atoms with van der Waals surface area (Å²) >= 11 is 0. The number of aryl methyl sites for hydroxylation is 1. The molecule has 1 aromatic heterocycles. The second-order valence-electron chi connectivity index (χ2n) is 10.9. The van der Waals surface area contributed by atoms with E-state index in [0.717, 1.165) is 36.8 Å². The molecule has 3 aromatic rings. The van der Waals surface area contributed by atoms with E-state index in [9.17, 15) is 9.59 Å². The molecule has 2 saturated heterocycles. The zero-order chi connectivity index (χ0) is 27.5. The highest BCUT2D eigenvalue weighted by Gasteiger charge is 2.41. The van der Waals surface area contributed by atoms with Gasteiger partial charge in [-0.05, 0) is 61.6 Å². The van der Waals surface area contributed by atoms with Gasteiger partial charge in [0.05, 0.1) is 6.04 Å². The van der Waals surface area contributed by atoms with Gasteiger partial charge in [-0.1, -0.05) is 48.4 Å². The van der Waals surface area contributed by atoms with Crippen LogP contribution >= 0.6 is 0 Å². The standard InChI is InChI=1S/C32H35N5O3/c1-23-6-4-7-25(20-23)22-37-27-8-2-3-9-28(27)40-29(31(37)39)21-24-10-12-26(13-11-24)30(38)35-16-18-36(19-17-35)32-33-14-5-15-34-32/h4-7,10-15,20-21,27-28H,2-3,8-9,16-19,22H2,1H3/b29-21+. The van der Waals surface area contributed by atoms with Crippen LogP contribution in [0.5, 0.6) is 0 Å². The molecule has 1 saturated carbocycles. The van der Waals surface area contributed by atoms with Gasteiger partial charge in [0.1, 0.15) is 6.10 Å². The number of rotatable bonds is 5. The van der Waals surface area contributed by atoms with Crippen molar-refractivity contribution in [3.8, 4) is 0 Å². The van der Waals surface area contributed by atoms with Crippen molar-refractivity contribution in [2.24, 2.45) is 0 Å². The van der Waals surface area contributed by atoms with Gasteiger partial charge in [0.15, 0.2) is 5.76 Å². The van der Waals surface area contributed by atoms with Crippen molar-refractivity contribution in [3.05, 3.63) is 95.0 Å². The Balaban J connectivity index is 1.14. The molecule has 2 atom stereocenters. The molecule has 2 amide bonds. The molecule has 0 spiro atoms. The van der Waals surface area contributed by atoms with Gasteiger partial charge in [-0.2, -0.15) is 0 Å². The first-order valence-electron chi connectivity index (χ1n) is 14.2. The fraction of sp³-hybridized carbons (Fsp3) is 0.375. The average molecular weight is 538 g/mol. The quantitative estimate of drug-likeness (QED) is 0.448. The van der Waals surface area contributed by atoms with Crippen LogP contribution in [0.4, 0.5) is 5.95 Å². The van der Waals surface area contributed by atoms with Gasteiger partial charge in [0.25, 0.3) is 11.8 Å². The highest BCUT2D eigenvalue weighted by Crippen LogP contribution is 2.34. The number of hydrogen-bond donors (Lipinski definition) is 0. The number of benzene rings is 2. The zero-order valence-electron chi connectivity index (χ0n) is 22.9. The molecule has 3 aliphatic rings. The van der Waals surface area contributed by atoms with E-state index in [1.54, 1.807) is 18.5 Å². The smallest absolute Gasteiger partial charge is 0.289 e. The van der Waals surface area contributed by atoms with Crippen molar-refractivity contribution in [2.75, 3.05) is 31.1 Å². The van der Waals surface area contributed by atoms with Crippen LogP contribution in [0.2, 0.25) is 0 Å². The van der Waals surface area contributed by atoms with E-state index in [1.165, 1.54) is 5.56 Å². The monoisotopic (exact) mass is 537 g/mol. The number of anilines is 1. The first-order chi connectivity index (χ1) is 19.5. The van der Waals surface area contributed by atoms with Gasteiger partial charge in [0, 0.05) is 50.7 Å². The number of piperazine rings is 1. The number of hydrogen-bond acceptors (Lipinski definition) is 6. The Morgan fingerprint density at radius 1 is 0.975 bits per heavy atom. The zero-order valence-corrected chi connectivity index (χ0v) is 22.9. The maximum absolute atomic E-state index is 13.6. The molecular formula is C32H35N5O3. The number of amides is 2. The van der Waals surface area contributed by atoms with Crippen LogP contribution in [-0.2, 0) is 16.1 Å². The number of carbonyl (C=O) groups is 2. The van der Waals surface area contributed by atoms with Gasteiger partial charge >= 0.3 is 0 Å². The van der Waals surface area contributed by atoms with Crippen LogP contribution in [0.3, 0.4) is 0 Å². The second kappa shape index (κ2) is 11.5. The number of aromatic nitrogens is 2. The summed E-state index contributed by atoms with van der Waals surface area (Å²) in [5.41, 5.74) is 3.81. The molecule has 206 valence electrons. The van der Waals surface area contributed by atoms with Crippen LogP contribution in [0.1, 0.15) is 52.7 Å². The first-order valence-corrected chi connectivity index (χ1v) is 14.2. The van der Waals surface area contributed by atoms with Gasteiger partial charge in [-0.15, -0.1) is 0 Å². The van der Waals surface area contributed by atoms with Crippen molar-refractivity contribution in [1.82, 2.24) is 19.8 Å². The fourth-order valence-corrected chi connectivity index (χ4v) is 5.99. The molecule has 40 heavy (non-hydrogen) atoms. The van der Waals surface area contributed by atoms with Crippen molar-refractivity contribution in [1.29, 1.82) is 0 Å². The van der Waals surface area contributed by atoms with E-state index in [2.05, 4.69) is 40.0 Å². The minimum Gasteiger partial charge on any atom is -0.482 e. The molecular weight excluding hydrogens is 502 g/mol. The summed E-state index contributed by atoms with van der Waals surface area (Å²) in [7, 11) is 0. The Labute approximate surface area is 235 Å². The van der Waals surface area contributed by atoms with Crippen molar-refractivity contribution < 1.29 is 14.3 Å². The lowest BCUT2D eigenvalue weighted by Gasteiger charge is -2.44. The molecule has 0 N–H and O–H groups in total. The minimum absolute atomic E-state index is 0.00667. The van der Waals surface area contributed by atoms with Gasteiger partial charge in [0.2, 0.25) is 5.95 Å². The summed E-state index contributed by atoms with van der Waals surface area (Å²) < 4.78 is 6.30. The molecule has 3 heterocycles. The van der Waals surface area contributed by atoms with Crippen molar-refractivity contribution in [3.63, 3.8) is 0 Å². The summed E-state index contributed by atoms with van der Waals surface area (Å²) in [6.07, 6.45) is 9.47. The summed E-state index contributed by atoms with van der Waals surface area (Å²) in [6.45, 7) is 5.28. The number of fused-ring (bicyclic) bond motifs is 1. The summed E-state index contributed by atoms with van der Waals surface area (Å²) in [6, 6.07) is 17.7. The number of morpholine rings is 1. The molecule has 0 radical (unpaired) electrons. The Bertz CT molecular complexity index is 1380. The molecule has 2 aromatic carbocycles. The predicted octanol–water partition coefficient (Wildman–Crippen LogP) is 4.46. The SMILES string of the molecule is Cc1cccc(CN2C(=O)/C(=C\c3ccc(C(=O)N4CCN(c5ncccn5)CC4)cc3)OC3CCCCC32)c1. The van der Waals surface area contributed by atoms with E-state index in [4.69, 9.17) is 4.74 Å². The third kappa shape index (κ3) is 5.57. The molecule has 0 bridgehead atoms. The molecule has 1 aliphatic carbocycles. The molecule has 6 rings (SSSR count). The van der Waals surface area contributed by atoms with E-state index in [-0.39, 0.29) is 24.0 Å². The molecule has 2 aliphatic heterocycles.